The van der Waals surface area contributed by atoms with Gasteiger partial charge in [-0.15, -0.1) is 0 Å². The van der Waals surface area contributed by atoms with Crippen LogP contribution >= 0.6 is 0 Å². The summed E-state index contributed by atoms with van der Waals surface area (Å²) in [5, 5.41) is 0. The van der Waals surface area contributed by atoms with Gasteiger partial charge in [0, 0.05) is 38.5 Å². The summed E-state index contributed by atoms with van der Waals surface area (Å²) < 4.78 is 0. The maximum atomic E-state index is 12.6. The first-order valence-corrected chi connectivity index (χ1v) is 9.60. The van der Waals surface area contributed by atoms with Crippen LogP contribution in [-0.2, 0) is 16.1 Å². The van der Waals surface area contributed by atoms with E-state index < -0.39 is 0 Å². The number of hydrogen-bond donors (Lipinski definition) is 0. The molecular formula is C21H30N2O2. The highest BCUT2D eigenvalue weighted by Gasteiger charge is 2.39. The van der Waals surface area contributed by atoms with Crippen molar-refractivity contribution >= 4 is 11.8 Å². The summed E-state index contributed by atoms with van der Waals surface area (Å²) in [6.45, 7) is 7.20. The van der Waals surface area contributed by atoms with Gasteiger partial charge in [0.1, 0.15) is 0 Å². The standard InChI is InChI=1S/C21H30N2O2/c1-17(2)20(25)22-13-10-21(11-14-22)9-8-19(24)23(15-12-21)16-18-6-4-3-5-7-18/h3-7,17H,8-16H2,1-2H3. The maximum absolute atomic E-state index is 12.6. The lowest BCUT2D eigenvalue weighted by Gasteiger charge is -2.42. The van der Waals surface area contributed by atoms with Gasteiger partial charge < -0.3 is 9.80 Å². The van der Waals surface area contributed by atoms with Gasteiger partial charge in [-0.3, -0.25) is 9.59 Å². The second-order valence-corrected chi connectivity index (χ2v) is 8.03. The van der Waals surface area contributed by atoms with Gasteiger partial charge in [-0.25, -0.2) is 0 Å². The van der Waals surface area contributed by atoms with E-state index >= 15 is 0 Å². The minimum atomic E-state index is 0.0751. The van der Waals surface area contributed by atoms with Gasteiger partial charge in [0.25, 0.3) is 0 Å². The van der Waals surface area contributed by atoms with Crippen LogP contribution in [0, 0.1) is 11.3 Å². The van der Waals surface area contributed by atoms with Crippen LogP contribution in [0.3, 0.4) is 0 Å². The first kappa shape index (κ1) is 18.0. The summed E-state index contributed by atoms with van der Waals surface area (Å²) in [6.07, 6.45) is 4.76. The fourth-order valence-electron chi connectivity index (χ4n) is 4.19. The van der Waals surface area contributed by atoms with Crippen LogP contribution < -0.4 is 0 Å². The van der Waals surface area contributed by atoms with Crippen molar-refractivity contribution in [2.45, 2.75) is 52.5 Å². The summed E-state index contributed by atoms with van der Waals surface area (Å²) >= 11 is 0. The highest BCUT2D eigenvalue weighted by molar-refractivity contribution is 5.78. The number of rotatable bonds is 3. The van der Waals surface area contributed by atoms with E-state index in [1.807, 2.05) is 41.8 Å². The van der Waals surface area contributed by atoms with Crippen molar-refractivity contribution in [3.05, 3.63) is 35.9 Å². The van der Waals surface area contributed by atoms with Crippen LogP contribution in [0.5, 0.6) is 0 Å². The van der Waals surface area contributed by atoms with Gasteiger partial charge in [0.2, 0.25) is 11.8 Å². The Kier molecular flexibility index (Phi) is 5.45. The maximum Gasteiger partial charge on any atom is 0.225 e. The molecule has 2 fully saturated rings. The molecular weight excluding hydrogens is 312 g/mol. The van der Waals surface area contributed by atoms with Gasteiger partial charge in [-0.1, -0.05) is 44.2 Å². The van der Waals surface area contributed by atoms with Crippen LogP contribution in [0.25, 0.3) is 0 Å². The Hall–Kier alpha value is -1.84. The number of likely N-dealkylation sites (tertiary alicyclic amines) is 2. The fraction of sp³-hybridized carbons (Fsp3) is 0.619. The topological polar surface area (TPSA) is 40.6 Å². The molecule has 4 heteroatoms. The third kappa shape index (κ3) is 4.23. The molecule has 0 unspecified atom stereocenters. The van der Waals surface area contributed by atoms with E-state index in [2.05, 4.69) is 12.1 Å². The van der Waals surface area contributed by atoms with Crippen molar-refractivity contribution in [3.63, 3.8) is 0 Å². The SMILES string of the molecule is CC(C)C(=O)N1CCC2(CCC(=O)N(Cc3ccccc3)CC2)CC1. The number of amides is 2. The smallest absolute Gasteiger partial charge is 0.225 e. The number of piperidine rings is 1. The zero-order chi connectivity index (χ0) is 17.9. The van der Waals surface area contributed by atoms with Crippen LogP contribution in [0.4, 0.5) is 0 Å². The summed E-state index contributed by atoms with van der Waals surface area (Å²) in [6, 6.07) is 10.2. The molecule has 2 aliphatic rings. The van der Waals surface area contributed by atoms with Crippen LogP contribution in [0.2, 0.25) is 0 Å². The predicted molar refractivity (Wildman–Crippen MR) is 98.8 cm³/mol. The molecule has 2 amide bonds. The van der Waals surface area contributed by atoms with E-state index in [1.165, 1.54) is 5.56 Å². The second-order valence-electron chi connectivity index (χ2n) is 8.03. The second kappa shape index (κ2) is 7.59. The molecule has 3 rings (SSSR count). The lowest BCUT2D eigenvalue weighted by molar-refractivity contribution is -0.137. The Morgan fingerprint density at radius 1 is 1.04 bits per heavy atom. The third-order valence-electron chi connectivity index (χ3n) is 5.98. The van der Waals surface area contributed by atoms with Gasteiger partial charge in [0.05, 0.1) is 0 Å². The number of carbonyl (C=O) groups excluding carboxylic acids is 2. The van der Waals surface area contributed by atoms with Crippen LogP contribution in [-0.4, -0.2) is 41.2 Å². The molecule has 0 aromatic heterocycles. The van der Waals surface area contributed by atoms with Crippen molar-refractivity contribution in [2.75, 3.05) is 19.6 Å². The lowest BCUT2D eigenvalue weighted by Crippen LogP contribution is -2.45. The number of benzene rings is 1. The van der Waals surface area contributed by atoms with E-state index in [0.717, 1.165) is 45.3 Å². The van der Waals surface area contributed by atoms with Gasteiger partial charge >= 0.3 is 0 Å². The highest BCUT2D eigenvalue weighted by Crippen LogP contribution is 2.41. The Morgan fingerprint density at radius 3 is 2.32 bits per heavy atom. The molecule has 0 bridgehead atoms. The molecule has 1 spiro atoms. The first-order valence-electron chi connectivity index (χ1n) is 9.60. The molecule has 2 saturated heterocycles. The van der Waals surface area contributed by atoms with Gasteiger partial charge in [-0.05, 0) is 36.7 Å². The van der Waals surface area contributed by atoms with E-state index in [9.17, 15) is 9.59 Å². The molecule has 0 atom stereocenters. The molecule has 4 nitrogen and oxygen atoms in total. The minimum absolute atomic E-state index is 0.0751. The molecule has 1 aromatic carbocycles. The van der Waals surface area contributed by atoms with E-state index in [0.29, 0.717) is 13.0 Å². The molecule has 1 aromatic rings. The Balaban J connectivity index is 1.60. The van der Waals surface area contributed by atoms with Gasteiger partial charge in [-0.2, -0.15) is 0 Å². The third-order valence-corrected chi connectivity index (χ3v) is 5.98. The van der Waals surface area contributed by atoms with E-state index in [-0.39, 0.29) is 23.1 Å². The van der Waals surface area contributed by atoms with Crippen LogP contribution in [0.15, 0.2) is 30.3 Å². The molecule has 0 N–H and O–H groups in total. The van der Waals surface area contributed by atoms with Gasteiger partial charge in [0.15, 0.2) is 0 Å². The normalized spacial score (nSPS) is 20.8. The average Bonchev–Trinajstić information content (AvgIpc) is 2.77. The average molecular weight is 342 g/mol. The molecule has 0 radical (unpaired) electrons. The predicted octanol–water partition coefficient (Wildman–Crippen LogP) is 3.46. The van der Waals surface area contributed by atoms with Crippen molar-refractivity contribution in [1.29, 1.82) is 0 Å². The van der Waals surface area contributed by atoms with Crippen molar-refractivity contribution in [2.24, 2.45) is 11.3 Å². The molecule has 25 heavy (non-hydrogen) atoms. The molecule has 0 aliphatic carbocycles. The van der Waals surface area contributed by atoms with Crippen molar-refractivity contribution in [1.82, 2.24) is 9.80 Å². The van der Waals surface area contributed by atoms with Crippen molar-refractivity contribution in [3.8, 4) is 0 Å². The molecule has 136 valence electrons. The van der Waals surface area contributed by atoms with Crippen LogP contribution in [0.1, 0.15) is 51.5 Å². The quantitative estimate of drug-likeness (QED) is 0.844. The summed E-state index contributed by atoms with van der Waals surface area (Å²) in [5.41, 5.74) is 1.44. The zero-order valence-corrected chi connectivity index (χ0v) is 15.5. The van der Waals surface area contributed by atoms with E-state index in [4.69, 9.17) is 0 Å². The minimum Gasteiger partial charge on any atom is -0.342 e. The molecule has 2 heterocycles. The number of hydrogen-bond acceptors (Lipinski definition) is 2. The molecule has 2 aliphatic heterocycles. The molecule has 0 saturated carbocycles. The lowest BCUT2D eigenvalue weighted by atomic mass is 9.73. The first-order chi connectivity index (χ1) is 12.0. The number of carbonyl (C=O) groups is 2. The summed E-state index contributed by atoms with van der Waals surface area (Å²) in [7, 11) is 0. The Morgan fingerprint density at radius 2 is 1.68 bits per heavy atom. The van der Waals surface area contributed by atoms with E-state index in [1.54, 1.807) is 0 Å². The fourth-order valence-corrected chi connectivity index (χ4v) is 4.19. The number of nitrogens with zero attached hydrogens (tertiary/aromatic N) is 2. The summed E-state index contributed by atoms with van der Waals surface area (Å²) in [4.78, 5) is 28.8. The zero-order valence-electron chi connectivity index (χ0n) is 15.5. The summed E-state index contributed by atoms with van der Waals surface area (Å²) in [5.74, 6) is 0.623. The monoisotopic (exact) mass is 342 g/mol. The Labute approximate surface area is 151 Å². The Bertz CT molecular complexity index is 604. The largest absolute Gasteiger partial charge is 0.342 e. The highest BCUT2D eigenvalue weighted by atomic mass is 16.2. The van der Waals surface area contributed by atoms with Crippen molar-refractivity contribution < 1.29 is 9.59 Å².